The van der Waals surface area contributed by atoms with Crippen molar-refractivity contribution in [3.05, 3.63) is 60.0 Å². The lowest BCUT2D eigenvalue weighted by Crippen LogP contribution is -2.19. The molecule has 1 N–H and O–H groups in total. The molecule has 0 saturated heterocycles. The molecule has 3 aromatic rings. The van der Waals surface area contributed by atoms with Crippen molar-refractivity contribution in [1.29, 1.82) is 0 Å². The van der Waals surface area contributed by atoms with Crippen LogP contribution in [0.2, 0.25) is 0 Å². The third-order valence-electron chi connectivity index (χ3n) is 3.45. The lowest BCUT2D eigenvalue weighted by atomic mass is 10.1. The van der Waals surface area contributed by atoms with Crippen molar-refractivity contribution < 1.29 is 22.4 Å². The van der Waals surface area contributed by atoms with E-state index in [1.165, 1.54) is 6.07 Å². The zero-order chi connectivity index (χ0) is 18.6. The van der Waals surface area contributed by atoms with Crippen molar-refractivity contribution >= 4 is 5.69 Å². The predicted octanol–water partition coefficient (Wildman–Crippen LogP) is 4.60. The molecule has 0 saturated carbocycles. The summed E-state index contributed by atoms with van der Waals surface area (Å²) in [4.78, 5) is 4.29. The van der Waals surface area contributed by atoms with Crippen LogP contribution in [0.4, 0.5) is 18.9 Å². The minimum absolute atomic E-state index is 0.100. The number of rotatable bonds is 6. The average molecular weight is 363 g/mol. The standard InChI is InChI=1S/C18H16F3N3O2/c1-12-5-4-6-13(9-12)17-23-16(26-24-17)10-22-14-7-2-3-8-15(14)25-11-18(19,20)21/h2-9,22H,10-11H2,1H3. The normalized spacial score (nSPS) is 11.4. The highest BCUT2D eigenvalue weighted by Crippen LogP contribution is 2.27. The van der Waals surface area contributed by atoms with E-state index in [0.717, 1.165) is 11.1 Å². The van der Waals surface area contributed by atoms with Gasteiger partial charge in [-0.2, -0.15) is 18.2 Å². The minimum Gasteiger partial charge on any atom is -0.482 e. The summed E-state index contributed by atoms with van der Waals surface area (Å²) in [5.74, 6) is 0.863. The Labute approximate surface area is 147 Å². The Hall–Kier alpha value is -3.03. The summed E-state index contributed by atoms with van der Waals surface area (Å²) < 4.78 is 47.0. The topological polar surface area (TPSA) is 60.2 Å². The molecule has 0 radical (unpaired) electrons. The molecule has 0 fully saturated rings. The Balaban J connectivity index is 1.67. The molecule has 0 atom stereocenters. The molecule has 1 aromatic heterocycles. The van der Waals surface area contributed by atoms with Crippen LogP contribution < -0.4 is 10.1 Å². The first-order valence-corrected chi connectivity index (χ1v) is 7.83. The number of hydrogen-bond donors (Lipinski definition) is 1. The highest BCUT2D eigenvalue weighted by Gasteiger charge is 2.28. The molecule has 0 aliphatic rings. The molecule has 136 valence electrons. The molecule has 0 amide bonds. The van der Waals surface area contributed by atoms with E-state index in [1.807, 2.05) is 31.2 Å². The Morgan fingerprint density at radius 1 is 1.12 bits per heavy atom. The number of ether oxygens (including phenoxy) is 1. The number of para-hydroxylation sites is 2. The molecule has 0 bridgehead atoms. The van der Waals surface area contributed by atoms with E-state index in [2.05, 4.69) is 15.5 Å². The number of halogens is 3. The first-order chi connectivity index (χ1) is 12.4. The van der Waals surface area contributed by atoms with Gasteiger partial charge < -0.3 is 14.6 Å². The van der Waals surface area contributed by atoms with Crippen LogP contribution in [0.25, 0.3) is 11.4 Å². The van der Waals surface area contributed by atoms with E-state index in [0.29, 0.717) is 17.4 Å². The number of aromatic nitrogens is 2. The van der Waals surface area contributed by atoms with Crippen LogP contribution in [-0.4, -0.2) is 22.9 Å². The Morgan fingerprint density at radius 3 is 2.69 bits per heavy atom. The van der Waals surface area contributed by atoms with Crippen LogP contribution in [0.3, 0.4) is 0 Å². The number of aryl methyl sites for hydroxylation is 1. The molecule has 0 aliphatic carbocycles. The van der Waals surface area contributed by atoms with Gasteiger partial charge in [-0.1, -0.05) is 41.1 Å². The molecule has 3 rings (SSSR count). The third-order valence-corrected chi connectivity index (χ3v) is 3.45. The summed E-state index contributed by atoms with van der Waals surface area (Å²) >= 11 is 0. The highest BCUT2D eigenvalue weighted by molar-refractivity contribution is 5.57. The highest BCUT2D eigenvalue weighted by atomic mass is 19.4. The van der Waals surface area contributed by atoms with E-state index in [9.17, 15) is 13.2 Å². The minimum atomic E-state index is -4.40. The van der Waals surface area contributed by atoms with Crippen LogP contribution in [0.15, 0.2) is 53.1 Å². The van der Waals surface area contributed by atoms with Crippen molar-refractivity contribution in [3.8, 4) is 17.1 Å². The first kappa shape index (κ1) is 17.8. The van der Waals surface area contributed by atoms with E-state index in [-0.39, 0.29) is 12.3 Å². The average Bonchev–Trinajstić information content (AvgIpc) is 3.07. The van der Waals surface area contributed by atoms with Crippen molar-refractivity contribution in [2.24, 2.45) is 0 Å². The molecule has 5 nitrogen and oxygen atoms in total. The molecular weight excluding hydrogens is 347 g/mol. The second-order valence-corrected chi connectivity index (χ2v) is 5.63. The number of anilines is 1. The fourth-order valence-electron chi connectivity index (χ4n) is 2.30. The van der Waals surface area contributed by atoms with Gasteiger partial charge in [0.2, 0.25) is 11.7 Å². The SMILES string of the molecule is Cc1cccc(-c2noc(CNc3ccccc3OCC(F)(F)F)n2)c1. The summed E-state index contributed by atoms with van der Waals surface area (Å²) in [5.41, 5.74) is 2.31. The van der Waals surface area contributed by atoms with Crippen LogP contribution >= 0.6 is 0 Å². The molecule has 1 heterocycles. The van der Waals surface area contributed by atoms with Gasteiger partial charge in [0.05, 0.1) is 12.2 Å². The van der Waals surface area contributed by atoms with Crippen LogP contribution in [0.1, 0.15) is 11.5 Å². The van der Waals surface area contributed by atoms with Gasteiger partial charge in [-0.3, -0.25) is 0 Å². The van der Waals surface area contributed by atoms with Crippen LogP contribution in [0.5, 0.6) is 5.75 Å². The summed E-state index contributed by atoms with van der Waals surface area (Å²) in [6, 6.07) is 14.0. The number of benzene rings is 2. The van der Waals surface area contributed by atoms with Crippen molar-refractivity contribution in [1.82, 2.24) is 10.1 Å². The fraction of sp³-hybridized carbons (Fsp3) is 0.222. The number of nitrogens with one attached hydrogen (secondary N) is 1. The van der Waals surface area contributed by atoms with Crippen molar-refractivity contribution in [2.45, 2.75) is 19.6 Å². The smallest absolute Gasteiger partial charge is 0.422 e. The van der Waals surface area contributed by atoms with Gasteiger partial charge in [0.25, 0.3) is 0 Å². The van der Waals surface area contributed by atoms with Crippen molar-refractivity contribution in [2.75, 3.05) is 11.9 Å². The van der Waals surface area contributed by atoms with E-state index < -0.39 is 12.8 Å². The lowest BCUT2D eigenvalue weighted by molar-refractivity contribution is -0.153. The molecule has 0 unspecified atom stereocenters. The van der Waals surface area contributed by atoms with Gasteiger partial charge in [-0.15, -0.1) is 0 Å². The predicted molar refractivity (Wildman–Crippen MR) is 89.8 cm³/mol. The fourth-order valence-corrected chi connectivity index (χ4v) is 2.30. The molecule has 0 spiro atoms. The molecular formula is C18H16F3N3O2. The maximum atomic E-state index is 12.3. The first-order valence-electron chi connectivity index (χ1n) is 7.83. The number of alkyl halides is 3. The Morgan fingerprint density at radius 2 is 1.92 bits per heavy atom. The van der Waals surface area contributed by atoms with E-state index >= 15 is 0 Å². The van der Waals surface area contributed by atoms with Gasteiger partial charge in [0, 0.05) is 5.56 Å². The second kappa shape index (κ2) is 7.47. The number of hydrogen-bond acceptors (Lipinski definition) is 5. The Kier molecular flexibility index (Phi) is 5.11. The van der Waals surface area contributed by atoms with Gasteiger partial charge in [-0.25, -0.2) is 0 Å². The number of nitrogens with zero attached hydrogens (tertiary/aromatic N) is 2. The van der Waals surface area contributed by atoms with Crippen molar-refractivity contribution in [3.63, 3.8) is 0 Å². The molecule has 2 aromatic carbocycles. The summed E-state index contributed by atoms with van der Waals surface area (Å²) in [6.07, 6.45) is -4.40. The van der Waals surface area contributed by atoms with Gasteiger partial charge >= 0.3 is 6.18 Å². The quantitative estimate of drug-likeness (QED) is 0.694. The Bertz CT molecular complexity index is 878. The maximum Gasteiger partial charge on any atom is 0.422 e. The van der Waals surface area contributed by atoms with Gasteiger partial charge in [0.15, 0.2) is 6.61 Å². The summed E-state index contributed by atoms with van der Waals surface area (Å²) in [7, 11) is 0. The van der Waals surface area contributed by atoms with Crippen LogP contribution in [0, 0.1) is 6.92 Å². The zero-order valence-corrected chi connectivity index (χ0v) is 13.9. The van der Waals surface area contributed by atoms with E-state index in [1.54, 1.807) is 18.2 Å². The molecule has 8 heteroatoms. The second-order valence-electron chi connectivity index (χ2n) is 5.63. The van der Waals surface area contributed by atoms with Gasteiger partial charge in [-0.05, 0) is 25.1 Å². The molecule has 26 heavy (non-hydrogen) atoms. The summed E-state index contributed by atoms with van der Waals surface area (Å²) in [5, 5.41) is 6.88. The molecule has 0 aliphatic heterocycles. The zero-order valence-electron chi connectivity index (χ0n) is 13.9. The third kappa shape index (κ3) is 4.75. The van der Waals surface area contributed by atoms with E-state index in [4.69, 9.17) is 9.26 Å². The maximum absolute atomic E-state index is 12.3. The lowest BCUT2D eigenvalue weighted by Gasteiger charge is -2.13. The van der Waals surface area contributed by atoms with Gasteiger partial charge in [0.1, 0.15) is 5.75 Å². The monoisotopic (exact) mass is 363 g/mol. The van der Waals surface area contributed by atoms with Crippen LogP contribution in [-0.2, 0) is 6.54 Å². The summed E-state index contributed by atoms with van der Waals surface area (Å²) in [6.45, 7) is 0.763. The largest absolute Gasteiger partial charge is 0.482 e.